The normalized spacial score (nSPS) is 18.4. The fourth-order valence-electron chi connectivity index (χ4n) is 3.27. The first-order valence-electron chi connectivity index (χ1n) is 9.40. The number of amides is 1. The smallest absolute Gasteiger partial charge is 0.227 e. The predicted molar refractivity (Wildman–Crippen MR) is 123 cm³/mol. The van der Waals surface area contributed by atoms with Gasteiger partial charge in [-0.1, -0.05) is 30.3 Å². The quantitative estimate of drug-likeness (QED) is 0.327. The predicted octanol–water partition coefficient (Wildman–Crippen LogP) is 2.21. The Morgan fingerprint density at radius 3 is 2.63 bits per heavy atom. The van der Waals surface area contributed by atoms with Crippen LogP contribution in [0.2, 0.25) is 0 Å². The van der Waals surface area contributed by atoms with Gasteiger partial charge in [-0.25, -0.2) is 0 Å². The Morgan fingerprint density at radius 1 is 1.30 bits per heavy atom. The molecule has 1 fully saturated rings. The number of hydrogen-bond acceptors (Lipinski definition) is 3. The molecule has 2 rings (SSSR count). The average molecular weight is 487 g/mol. The summed E-state index contributed by atoms with van der Waals surface area (Å²) in [5.74, 6) is 0.778. The topological polar surface area (TPSA) is 68.8 Å². The molecule has 1 amide bonds. The summed E-state index contributed by atoms with van der Waals surface area (Å²) in [5, 5.41) is 9.52. The van der Waals surface area contributed by atoms with Crippen molar-refractivity contribution in [2.45, 2.75) is 39.3 Å². The first-order valence-corrected chi connectivity index (χ1v) is 9.40. The van der Waals surface area contributed by atoms with Gasteiger partial charge in [-0.3, -0.25) is 14.7 Å². The van der Waals surface area contributed by atoms with Gasteiger partial charge in [-0.15, -0.1) is 24.0 Å². The minimum atomic E-state index is -0.488. The van der Waals surface area contributed by atoms with Crippen molar-refractivity contribution < 1.29 is 4.79 Å². The Morgan fingerprint density at radius 2 is 2.00 bits per heavy atom. The highest BCUT2D eigenvalue weighted by Gasteiger charge is 2.27. The van der Waals surface area contributed by atoms with Crippen molar-refractivity contribution >= 4 is 35.8 Å². The van der Waals surface area contributed by atoms with Gasteiger partial charge in [0.05, 0.1) is 5.41 Å². The van der Waals surface area contributed by atoms with E-state index < -0.39 is 5.41 Å². The van der Waals surface area contributed by atoms with Gasteiger partial charge < -0.3 is 16.0 Å². The summed E-state index contributed by atoms with van der Waals surface area (Å²) in [6.07, 6.45) is 2.30. The van der Waals surface area contributed by atoms with Gasteiger partial charge in [0.2, 0.25) is 5.91 Å². The molecule has 0 saturated carbocycles. The maximum atomic E-state index is 11.9. The first-order chi connectivity index (χ1) is 12.4. The molecule has 0 bridgehead atoms. The molecule has 0 aliphatic carbocycles. The van der Waals surface area contributed by atoms with E-state index in [0.29, 0.717) is 12.6 Å². The molecule has 152 valence electrons. The van der Waals surface area contributed by atoms with Crippen molar-refractivity contribution in [2.24, 2.45) is 10.4 Å². The molecule has 7 heteroatoms. The molecule has 3 N–H and O–H groups in total. The standard InChI is InChI=1S/C20H33N5O.HI/c1-20(2,18(26)21-3)15-23-19(22-4)24-17-11-8-12-25(14-17)13-16-9-6-5-7-10-16;/h5-7,9-10,17H,8,11-15H2,1-4H3,(H,21,26)(H2,22,23,24);1H. The highest BCUT2D eigenvalue weighted by atomic mass is 127. The lowest BCUT2D eigenvalue weighted by atomic mass is 9.92. The fraction of sp³-hybridized carbons (Fsp3) is 0.600. The summed E-state index contributed by atoms with van der Waals surface area (Å²) in [6.45, 7) is 7.49. The molecule has 0 spiro atoms. The summed E-state index contributed by atoms with van der Waals surface area (Å²) in [7, 11) is 3.44. The van der Waals surface area contributed by atoms with E-state index in [1.54, 1.807) is 14.1 Å². The summed E-state index contributed by atoms with van der Waals surface area (Å²) >= 11 is 0. The van der Waals surface area contributed by atoms with Crippen molar-refractivity contribution in [1.29, 1.82) is 0 Å². The summed E-state index contributed by atoms with van der Waals surface area (Å²) in [6, 6.07) is 11.0. The number of nitrogens with one attached hydrogen (secondary N) is 3. The van der Waals surface area contributed by atoms with Crippen LogP contribution in [0.1, 0.15) is 32.3 Å². The zero-order valence-electron chi connectivity index (χ0n) is 16.9. The van der Waals surface area contributed by atoms with Gasteiger partial charge in [0.1, 0.15) is 0 Å². The van der Waals surface area contributed by atoms with Crippen molar-refractivity contribution in [1.82, 2.24) is 20.9 Å². The maximum Gasteiger partial charge on any atom is 0.227 e. The van der Waals surface area contributed by atoms with E-state index in [1.165, 1.54) is 12.0 Å². The average Bonchev–Trinajstić information content (AvgIpc) is 2.65. The molecule has 1 saturated heterocycles. The van der Waals surface area contributed by atoms with E-state index in [-0.39, 0.29) is 29.9 Å². The molecule has 1 unspecified atom stereocenters. The highest BCUT2D eigenvalue weighted by molar-refractivity contribution is 14.0. The number of likely N-dealkylation sites (tertiary alicyclic amines) is 1. The zero-order chi connectivity index (χ0) is 19.0. The molecular formula is C20H34IN5O. The van der Waals surface area contributed by atoms with E-state index >= 15 is 0 Å². The molecule has 6 nitrogen and oxygen atoms in total. The zero-order valence-corrected chi connectivity index (χ0v) is 19.2. The van der Waals surface area contributed by atoms with Crippen LogP contribution in [0.15, 0.2) is 35.3 Å². The van der Waals surface area contributed by atoms with Crippen LogP contribution in [0.5, 0.6) is 0 Å². The van der Waals surface area contributed by atoms with Gasteiger partial charge in [-0.05, 0) is 38.8 Å². The number of piperidine rings is 1. The van der Waals surface area contributed by atoms with E-state index in [0.717, 1.165) is 32.0 Å². The summed E-state index contributed by atoms with van der Waals surface area (Å²) in [4.78, 5) is 18.7. The molecule has 0 radical (unpaired) electrons. The molecule has 0 aromatic heterocycles. The molecule has 1 aliphatic heterocycles. The summed E-state index contributed by atoms with van der Waals surface area (Å²) < 4.78 is 0. The second-order valence-electron chi connectivity index (χ2n) is 7.59. The molecule has 1 heterocycles. The lowest BCUT2D eigenvalue weighted by Gasteiger charge is -2.34. The number of rotatable bonds is 6. The van der Waals surface area contributed by atoms with Crippen LogP contribution >= 0.6 is 24.0 Å². The fourth-order valence-corrected chi connectivity index (χ4v) is 3.27. The van der Waals surface area contributed by atoms with Crippen molar-refractivity contribution in [3.05, 3.63) is 35.9 Å². The number of halogens is 1. The van der Waals surface area contributed by atoms with E-state index in [2.05, 4.69) is 56.2 Å². The Hall–Kier alpha value is -1.35. The third-order valence-corrected chi connectivity index (χ3v) is 4.86. The third kappa shape index (κ3) is 7.65. The minimum Gasteiger partial charge on any atom is -0.359 e. The first kappa shape index (κ1) is 23.7. The van der Waals surface area contributed by atoms with Crippen LogP contribution in [-0.4, -0.2) is 56.5 Å². The Labute approximate surface area is 180 Å². The molecular weight excluding hydrogens is 453 g/mol. The maximum absolute atomic E-state index is 11.9. The number of guanidine groups is 1. The van der Waals surface area contributed by atoms with Crippen LogP contribution in [0.3, 0.4) is 0 Å². The van der Waals surface area contributed by atoms with E-state index in [9.17, 15) is 4.79 Å². The van der Waals surface area contributed by atoms with Crippen LogP contribution in [0, 0.1) is 5.41 Å². The number of carbonyl (C=O) groups excluding carboxylic acids is 1. The second-order valence-corrected chi connectivity index (χ2v) is 7.59. The van der Waals surface area contributed by atoms with E-state index in [1.807, 2.05) is 13.8 Å². The molecule has 1 aromatic carbocycles. The van der Waals surface area contributed by atoms with Crippen LogP contribution in [0.4, 0.5) is 0 Å². The third-order valence-electron chi connectivity index (χ3n) is 4.86. The summed E-state index contributed by atoms with van der Waals surface area (Å²) in [5.41, 5.74) is 0.862. The van der Waals surface area contributed by atoms with Gasteiger partial charge in [-0.2, -0.15) is 0 Å². The highest BCUT2D eigenvalue weighted by Crippen LogP contribution is 2.15. The van der Waals surface area contributed by atoms with Gasteiger partial charge in [0.15, 0.2) is 5.96 Å². The molecule has 27 heavy (non-hydrogen) atoms. The van der Waals surface area contributed by atoms with Gasteiger partial charge in [0.25, 0.3) is 0 Å². The number of carbonyl (C=O) groups is 1. The van der Waals surface area contributed by atoms with Crippen LogP contribution < -0.4 is 16.0 Å². The number of hydrogen-bond donors (Lipinski definition) is 3. The molecule has 1 aliphatic rings. The van der Waals surface area contributed by atoms with Gasteiger partial charge in [0, 0.05) is 39.8 Å². The second kappa shape index (κ2) is 11.5. The lowest BCUT2D eigenvalue weighted by Crippen LogP contribution is -2.53. The number of benzene rings is 1. The van der Waals surface area contributed by atoms with Crippen molar-refractivity contribution in [3.8, 4) is 0 Å². The number of nitrogens with zero attached hydrogens (tertiary/aromatic N) is 2. The molecule has 1 atom stereocenters. The van der Waals surface area contributed by atoms with Crippen LogP contribution in [0.25, 0.3) is 0 Å². The SMILES string of the molecule is CN=C(NCC(C)(C)C(=O)NC)NC1CCCN(Cc2ccccc2)C1.I. The van der Waals surface area contributed by atoms with E-state index in [4.69, 9.17) is 0 Å². The van der Waals surface area contributed by atoms with Crippen molar-refractivity contribution in [3.63, 3.8) is 0 Å². The largest absolute Gasteiger partial charge is 0.359 e. The Balaban J connectivity index is 0.00000364. The monoisotopic (exact) mass is 487 g/mol. The number of aliphatic imine (C=N–C) groups is 1. The van der Waals surface area contributed by atoms with Gasteiger partial charge >= 0.3 is 0 Å². The van der Waals surface area contributed by atoms with Crippen LogP contribution in [-0.2, 0) is 11.3 Å². The Kier molecular flexibility index (Phi) is 10.1. The Bertz CT molecular complexity index is 606. The van der Waals surface area contributed by atoms with Crippen molar-refractivity contribution in [2.75, 3.05) is 33.7 Å². The lowest BCUT2D eigenvalue weighted by molar-refractivity contribution is -0.128. The molecule has 1 aromatic rings. The minimum absolute atomic E-state index is 0.